The van der Waals surface area contributed by atoms with Crippen molar-refractivity contribution in [2.24, 2.45) is 0 Å². The Balaban J connectivity index is 1.36. The molecule has 0 bridgehead atoms. The van der Waals surface area contributed by atoms with Crippen molar-refractivity contribution in [1.82, 2.24) is 14.7 Å². The fourth-order valence-corrected chi connectivity index (χ4v) is 3.73. The van der Waals surface area contributed by atoms with E-state index in [9.17, 15) is 9.90 Å². The molecule has 0 saturated carbocycles. The molecule has 7 heteroatoms. The molecule has 0 saturated heterocycles. The van der Waals surface area contributed by atoms with Gasteiger partial charge in [-0.1, -0.05) is 30.3 Å². The quantitative estimate of drug-likeness (QED) is 0.603. The highest BCUT2D eigenvalue weighted by Crippen LogP contribution is 2.26. The maximum Gasteiger partial charge on any atom is 0.323 e. The smallest absolute Gasteiger partial charge is 0.323 e. The van der Waals surface area contributed by atoms with Crippen molar-refractivity contribution in [3.63, 3.8) is 0 Å². The van der Waals surface area contributed by atoms with Crippen molar-refractivity contribution in [2.75, 3.05) is 23.7 Å². The van der Waals surface area contributed by atoms with E-state index in [1.807, 2.05) is 54.7 Å². The van der Waals surface area contributed by atoms with Gasteiger partial charge in [-0.3, -0.25) is 9.58 Å². The zero-order valence-corrected chi connectivity index (χ0v) is 16.2. The Hall–Kier alpha value is -3.16. The van der Waals surface area contributed by atoms with Crippen molar-refractivity contribution in [2.45, 2.75) is 25.6 Å². The number of para-hydroxylation sites is 1. The maximum absolute atomic E-state index is 12.4. The minimum absolute atomic E-state index is 0.248. The molecule has 1 aromatic heterocycles. The number of hydrogen-bond acceptors (Lipinski definition) is 4. The number of rotatable bonds is 6. The van der Waals surface area contributed by atoms with Crippen molar-refractivity contribution >= 4 is 17.4 Å². The van der Waals surface area contributed by atoms with Gasteiger partial charge in [-0.25, -0.2) is 4.79 Å². The van der Waals surface area contributed by atoms with Crippen LogP contribution in [-0.2, 0) is 19.5 Å². The van der Waals surface area contributed by atoms with E-state index in [-0.39, 0.29) is 6.03 Å². The van der Waals surface area contributed by atoms with Gasteiger partial charge in [-0.2, -0.15) is 5.10 Å². The SMILES string of the molecule is O=C(Nc1ccccc1)Nc1cccc2c1CCN(CC(O)Cn1cccn1)C2. The molecule has 2 aromatic carbocycles. The third-order valence-corrected chi connectivity index (χ3v) is 5.05. The number of aromatic nitrogens is 2. The van der Waals surface area contributed by atoms with Crippen LogP contribution in [0.2, 0.25) is 0 Å². The number of urea groups is 1. The monoisotopic (exact) mass is 391 g/mol. The van der Waals surface area contributed by atoms with Gasteiger partial charge in [0.2, 0.25) is 0 Å². The van der Waals surface area contributed by atoms with Crippen LogP contribution in [0.1, 0.15) is 11.1 Å². The third kappa shape index (κ3) is 5.01. The highest BCUT2D eigenvalue weighted by Gasteiger charge is 2.21. The Morgan fingerprint density at radius 1 is 1.07 bits per heavy atom. The lowest BCUT2D eigenvalue weighted by Gasteiger charge is -2.31. The largest absolute Gasteiger partial charge is 0.390 e. The topological polar surface area (TPSA) is 82.4 Å². The summed E-state index contributed by atoms with van der Waals surface area (Å²) in [6.07, 6.45) is 3.92. The number of nitrogens with one attached hydrogen (secondary N) is 2. The number of hydrogen-bond donors (Lipinski definition) is 3. The molecule has 2 amide bonds. The van der Waals surface area contributed by atoms with Crippen LogP contribution >= 0.6 is 0 Å². The fraction of sp³-hybridized carbons (Fsp3) is 0.273. The van der Waals surface area contributed by atoms with Gasteiger partial charge < -0.3 is 15.7 Å². The zero-order valence-electron chi connectivity index (χ0n) is 16.2. The van der Waals surface area contributed by atoms with E-state index < -0.39 is 6.10 Å². The summed E-state index contributed by atoms with van der Waals surface area (Å²) < 4.78 is 1.75. The molecule has 1 atom stereocenters. The molecule has 0 spiro atoms. The predicted molar refractivity (Wildman–Crippen MR) is 113 cm³/mol. The number of aliphatic hydroxyl groups excluding tert-OH is 1. The molecule has 0 fully saturated rings. The number of nitrogens with zero attached hydrogens (tertiary/aromatic N) is 3. The van der Waals surface area contributed by atoms with Gasteiger partial charge in [0.15, 0.2) is 0 Å². The minimum Gasteiger partial charge on any atom is -0.390 e. The van der Waals surface area contributed by atoms with E-state index in [4.69, 9.17) is 0 Å². The zero-order chi connectivity index (χ0) is 20.1. The fourth-order valence-electron chi connectivity index (χ4n) is 3.73. The molecule has 3 aromatic rings. The molecule has 150 valence electrons. The highest BCUT2D eigenvalue weighted by atomic mass is 16.3. The number of carbonyl (C=O) groups is 1. The molecule has 0 aliphatic carbocycles. The second-order valence-electron chi connectivity index (χ2n) is 7.26. The van der Waals surface area contributed by atoms with Crippen molar-refractivity contribution in [3.05, 3.63) is 78.1 Å². The standard InChI is InChI=1S/C22H25N5O2/c28-19(16-27-12-5-11-23-27)15-26-13-10-20-17(14-26)6-4-9-21(20)25-22(29)24-18-7-2-1-3-8-18/h1-9,11-12,19,28H,10,13-16H2,(H2,24,25,29). The molecule has 3 N–H and O–H groups in total. The van der Waals surface area contributed by atoms with E-state index >= 15 is 0 Å². The van der Waals surface area contributed by atoms with E-state index in [2.05, 4.69) is 26.7 Å². The van der Waals surface area contributed by atoms with Gasteiger partial charge in [0.25, 0.3) is 0 Å². The Morgan fingerprint density at radius 2 is 1.93 bits per heavy atom. The van der Waals surface area contributed by atoms with E-state index in [1.54, 1.807) is 10.9 Å². The van der Waals surface area contributed by atoms with Crippen LogP contribution in [0.4, 0.5) is 16.2 Å². The van der Waals surface area contributed by atoms with Crippen LogP contribution in [-0.4, -0.2) is 45.0 Å². The Labute approximate surface area is 170 Å². The first kappa shape index (κ1) is 19.2. The number of benzene rings is 2. The average molecular weight is 391 g/mol. The lowest BCUT2D eigenvalue weighted by atomic mass is 9.97. The summed E-state index contributed by atoms with van der Waals surface area (Å²) in [4.78, 5) is 14.6. The summed E-state index contributed by atoms with van der Waals surface area (Å²) in [7, 11) is 0. The first-order valence-electron chi connectivity index (χ1n) is 9.79. The molecule has 7 nitrogen and oxygen atoms in total. The van der Waals surface area contributed by atoms with Gasteiger partial charge in [-0.05, 0) is 41.8 Å². The second-order valence-corrected chi connectivity index (χ2v) is 7.26. The summed E-state index contributed by atoms with van der Waals surface area (Å²) in [6.45, 7) is 2.66. The molecule has 2 heterocycles. The molecular formula is C22H25N5O2. The van der Waals surface area contributed by atoms with Crippen molar-refractivity contribution in [3.8, 4) is 0 Å². The minimum atomic E-state index is -0.477. The summed E-state index contributed by atoms with van der Waals surface area (Å²) in [5.74, 6) is 0. The van der Waals surface area contributed by atoms with E-state index in [1.165, 1.54) is 5.56 Å². The van der Waals surface area contributed by atoms with Crippen molar-refractivity contribution in [1.29, 1.82) is 0 Å². The van der Waals surface area contributed by atoms with E-state index in [0.29, 0.717) is 13.1 Å². The van der Waals surface area contributed by atoms with Gasteiger partial charge in [0.05, 0.1) is 12.6 Å². The van der Waals surface area contributed by atoms with Crippen LogP contribution in [0.15, 0.2) is 67.0 Å². The lowest BCUT2D eigenvalue weighted by Crippen LogP contribution is -2.38. The number of anilines is 2. The molecule has 1 aliphatic rings. The number of amides is 2. The first-order chi connectivity index (χ1) is 14.2. The van der Waals surface area contributed by atoms with Crippen LogP contribution in [0.25, 0.3) is 0 Å². The number of carbonyl (C=O) groups excluding carboxylic acids is 1. The molecule has 1 unspecified atom stereocenters. The van der Waals surface area contributed by atoms with Crippen LogP contribution in [0.3, 0.4) is 0 Å². The molecular weight excluding hydrogens is 366 g/mol. The van der Waals surface area contributed by atoms with Gasteiger partial charge in [-0.15, -0.1) is 0 Å². The van der Waals surface area contributed by atoms with Crippen LogP contribution in [0, 0.1) is 0 Å². The Morgan fingerprint density at radius 3 is 2.72 bits per heavy atom. The average Bonchev–Trinajstić information content (AvgIpc) is 3.21. The Bertz CT molecular complexity index is 943. The summed E-state index contributed by atoms with van der Waals surface area (Å²) >= 11 is 0. The first-order valence-corrected chi connectivity index (χ1v) is 9.79. The maximum atomic E-state index is 12.4. The van der Waals surface area contributed by atoms with E-state index in [0.717, 1.165) is 36.4 Å². The predicted octanol–water partition coefficient (Wildman–Crippen LogP) is 2.95. The van der Waals surface area contributed by atoms with Crippen LogP contribution < -0.4 is 10.6 Å². The molecule has 1 aliphatic heterocycles. The summed E-state index contributed by atoms with van der Waals surface area (Å²) in [5.41, 5.74) is 3.94. The Kier molecular flexibility index (Phi) is 5.88. The van der Waals surface area contributed by atoms with Crippen molar-refractivity contribution < 1.29 is 9.90 Å². The number of aliphatic hydroxyl groups is 1. The molecule has 29 heavy (non-hydrogen) atoms. The van der Waals surface area contributed by atoms with Crippen LogP contribution in [0.5, 0.6) is 0 Å². The number of β-amino-alcohol motifs (C(OH)–C–C–N with tert-alkyl or cyclic N) is 1. The summed E-state index contributed by atoms with van der Waals surface area (Å²) in [6, 6.07) is 17.0. The third-order valence-electron chi connectivity index (χ3n) is 5.05. The second kappa shape index (κ2) is 8.89. The molecule has 0 radical (unpaired) electrons. The molecule has 4 rings (SSSR count). The summed E-state index contributed by atoms with van der Waals surface area (Å²) in [5, 5.41) is 20.3. The highest BCUT2D eigenvalue weighted by molar-refractivity contribution is 6.00. The van der Waals surface area contributed by atoms with Gasteiger partial charge in [0.1, 0.15) is 0 Å². The lowest BCUT2D eigenvalue weighted by molar-refractivity contribution is 0.0890. The van der Waals surface area contributed by atoms with Gasteiger partial charge in [0, 0.05) is 43.4 Å². The normalized spacial score (nSPS) is 14.8. The van der Waals surface area contributed by atoms with Gasteiger partial charge >= 0.3 is 6.03 Å². The number of fused-ring (bicyclic) bond motifs is 1.